The molecular weight excluding hydrogens is 423 g/mol. The van der Waals surface area contributed by atoms with E-state index in [1.165, 1.54) is 5.56 Å². The molecule has 7 nitrogen and oxygen atoms in total. The van der Waals surface area contributed by atoms with Crippen LogP contribution in [-0.4, -0.2) is 76.5 Å². The fourth-order valence-electron chi connectivity index (χ4n) is 4.19. The van der Waals surface area contributed by atoms with Gasteiger partial charge in [-0.05, 0) is 44.8 Å². The fraction of sp³-hybridized carbons (Fsp3) is 0.571. The quantitative estimate of drug-likeness (QED) is 0.750. The summed E-state index contributed by atoms with van der Waals surface area (Å²) in [5.74, 6) is 0.0281. The number of aromatic nitrogens is 3. The minimum absolute atomic E-state index is 0. The van der Waals surface area contributed by atoms with E-state index >= 15 is 0 Å². The highest BCUT2D eigenvalue weighted by Gasteiger charge is 2.28. The Morgan fingerprint density at radius 3 is 2.40 bits per heavy atom. The number of hydrogen-bond donors (Lipinski definition) is 1. The van der Waals surface area contributed by atoms with E-state index in [4.69, 9.17) is 0 Å². The summed E-state index contributed by atoms with van der Waals surface area (Å²) in [4.78, 5) is 17.4. The van der Waals surface area contributed by atoms with Crippen LogP contribution in [0, 0.1) is 6.92 Å². The zero-order valence-corrected chi connectivity index (χ0v) is 19.1. The molecule has 30 heavy (non-hydrogen) atoms. The topological polar surface area (TPSA) is 66.3 Å². The Hall–Kier alpha value is -1.67. The van der Waals surface area contributed by atoms with Gasteiger partial charge in [-0.1, -0.05) is 35.5 Å². The van der Waals surface area contributed by atoms with Gasteiger partial charge in [0, 0.05) is 32.7 Å². The summed E-state index contributed by atoms with van der Waals surface area (Å²) in [6, 6.07) is 10.9. The van der Waals surface area contributed by atoms with Crippen molar-refractivity contribution < 1.29 is 4.79 Å². The zero-order valence-electron chi connectivity index (χ0n) is 17.5. The van der Waals surface area contributed by atoms with Gasteiger partial charge in [0.05, 0.1) is 11.7 Å². The highest BCUT2D eigenvalue weighted by molar-refractivity contribution is 5.93. The molecule has 4 rings (SSSR count). The second-order valence-electron chi connectivity index (χ2n) is 7.82. The largest absolute Gasteiger partial charge is 0.335 e. The maximum absolute atomic E-state index is 13.0. The molecule has 1 N–H and O–H groups in total. The third-order valence-electron chi connectivity index (χ3n) is 6.00. The summed E-state index contributed by atoms with van der Waals surface area (Å²) in [6.45, 7) is 8.36. The van der Waals surface area contributed by atoms with E-state index in [1.807, 2.05) is 16.5 Å². The summed E-state index contributed by atoms with van der Waals surface area (Å²) in [5, 5.41) is 11.9. The van der Waals surface area contributed by atoms with Crippen molar-refractivity contribution in [1.29, 1.82) is 0 Å². The Bertz CT molecular complexity index is 786. The van der Waals surface area contributed by atoms with Crippen molar-refractivity contribution in [2.75, 3.05) is 45.8 Å². The Morgan fingerprint density at radius 2 is 1.73 bits per heavy atom. The average Bonchev–Trinajstić information content (AvgIpc) is 3.15. The molecule has 1 aromatic carbocycles. The van der Waals surface area contributed by atoms with Crippen LogP contribution in [0.3, 0.4) is 0 Å². The fourth-order valence-corrected chi connectivity index (χ4v) is 4.19. The standard InChI is InChI=1S/C21H30N6O.2ClH/c1-17-20(23-24-27(17)19-7-10-22-11-8-19)21(28)26-15-13-25(14-16-26)12-9-18-5-3-2-4-6-18;;/h2-6,19,22H,7-16H2,1H3;2*1H. The molecule has 0 radical (unpaired) electrons. The van der Waals surface area contributed by atoms with Crippen molar-refractivity contribution in [2.24, 2.45) is 0 Å². The molecule has 2 fully saturated rings. The van der Waals surface area contributed by atoms with Gasteiger partial charge >= 0.3 is 0 Å². The molecule has 1 amide bonds. The summed E-state index contributed by atoms with van der Waals surface area (Å²) in [7, 11) is 0. The molecule has 0 saturated carbocycles. The number of piperidine rings is 1. The van der Waals surface area contributed by atoms with Gasteiger partial charge in [0.25, 0.3) is 5.91 Å². The molecule has 2 aromatic rings. The van der Waals surface area contributed by atoms with Crippen molar-refractivity contribution in [1.82, 2.24) is 30.1 Å². The molecular formula is C21H32Cl2N6O. The first-order valence-corrected chi connectivity index (χ1v) is 10.4. The second-order valence-corrected chi connectivity index (χ2v) is 7.82. The third kappa shape index (κ3) is 5.72. The predicted octanol–water partition coefficient (Wildman–Crippen LogP) is 2.36. The zero-order chi connectivity index (χ0) is 19.3. The van der Waals surface area contributed by atoms with Crippen LogP contribution < -0.4 is 5.32 Å². The Labute approximate surface area is 191 Å². The van der Waals surface area contributed by atoms with E-state index in [-0.39, 0.29) is 30.7 Å². The summed E-state index contributed by atoms with van der Waals surface area (Å²) >= 11 is 0. The number of rotatable bonds is 5. The minimum atomic E-state index is 0. The highest BCUT2D eigenvalue weighted by Crippen LogP contribution is 2.21. The number of carbonyl (C=O) groups is 1. The molecule has 0 unspecified atom stereocenters. The molecule has 1 aromatic heterocycles. The van der Waals surface area contributed by atoms with Gasteiger partial charge in [-0.25, -0.2) is 4.68 Å². The molecule has 0 spiro atoms. The van der Waals surface area contributed by atoms with Crippen LogP contribution in [0.2, 0.25) is 0 Å². The first kappa shape index (κ1) is 24.6. The van der Waals surface area contributed by atoms with Crippen LogP contribution in [0.5, 0.6) is 0 Å². The minimum Gasteiger partial charge on any atom is -0.335 e. The van der Waals surface area contributed by atoms with Crippen molar-refractivity contribution in [2.45, 2.75) is 32.2 Å². The lowest BCUT2D eigenvalue weighted by Gasteiger charge is -2.34. The lowest BCUT2D eigenvalue weighted by molar-refractivity contribution is 0.0632. The first-order chi connectivity index (χ1) is 13.7. The number of hydrogen-bond acceptors (Lipinski definition) is 5. The predicted molar refractivity (Wildman–Crippen MR) is 123 cm³/mol. The van der Waals surface area contributed by atoms with Crippen LogP contribution in [0.1, 0.15) is 40.6 Å². The van der Waals surface area contributed by atoms with E-state index in [0.717, 1.165) is 70.8 Å². The normalized spacial score (nSPS) is 17.8. The smallest absolute Gasteiger partial charge is 0.276 e. The van der Waals surface area contributed by atoms with E-state index in [2.05, 4.69) is 50.9 Å². The molecule has 2 saturated heterocycles. The second kappa shape index (κ2) is 11.6. The SMILES string of the molecule is Cc1c(C(=O)N2CCN(CCc3ccccc3)CC2)nnn1C1CCNCC1.Cl.Cl. The van der Waals surface area contributed by atoms with Crippen LogP contribution in [0.4, 0.5) is 0 Å². The number of amides is 1. The van der Waals surface area contributed by atoms with Gasteiger partial charge in [-0.2, -0.15) is 0 Å². The molecule has 0 atom stereocenters. The first-order valence-electron chi connectivity index (χ1n) is 10.4. The van der Waals surface area contributed by atoms with Crippen LogP contribution >= 0.6 is 24.8 Å². The number of nitrogens with one attached hydrogen (secondary N) is 1. The lowest BCUT2D eigenvalue weighted by Crippen LogP contribution is -2.49. The summed E-state index contributed by atoms with van der Waals surface area (Å²) in [6.07, 6.45) is 3.13. The number of piperazine rings is 1. The van der Waals surface area contributed by atoms with Crippen LogP contribution in [0.25, 0.3) is 0 Å². The molecule has 2 aliphatic rings. The maximum atomic E-state index is 13.0. The van der Waals surface area contributed by atoms with Gasteiger partial charge < -0.3 is 10.2 Å². The van der Waals surface area contributed by atoms with Crippen LogP contribution in [0.15, 0.2) is 30.3 Å². The Kier molecular flexibility index (Phi) is 9.55. The highest BCUT2D eigenvalue weighted by atomic mass is 35.5. The van der Waals surface area contributed by atoms with Crippen molar-refractivity contribution in [3.8, 4) is 0 Å². The van der Waals surface area contributed by atoms with Gasteiger partial charge in [-0.3, -0.25) is 9.69 Å². The van der Waals surface area contributed by atoms with E-state index in [0.29, 0.717) is 11.7 Å². The van der Waals surface area contributed by atoms with Gasteiger partial charge in [-0.15, -0.1) is 29.9 Å². The summed E-state index contributed by atoms with van der Waals surface area (Å²) in [5.41, 5.74) is 2.80. The van der Waals surface area contributed by atoms with Crippen molar-refractivity contribution in [3.63, 3.8) is 0 Å². The average molecular weight is 455 g/mol. The van der Waals surface area contributed by atoms with E-state index in [1.54, 1.807) is 0 Å². The van der Waals surface area contributed by atoms with Gasteiger partial charge in [0.2, 0.25) is 0 Å². The monoisotopic (exact) mass is 454 g/mol. The number of nitrogens with zero attached hydrogens (tertiary/aromatic N) is 5. The molecule has 9 heteroatoms. The molecule has 166 valence electrons. The Morgan fingerprint density at radius 1 is 1.07 bits per heavy atom. The number of carbonyl (C=O) groups excluding carboxylic acids is 1. The number of halogens is 2. The molecule has 2 aliphatic heterocycles. The van der Waals surface area contributed by atoms with Crippen molar-refractivity contribution in [3.05, 3.63) is 47.3 Å². The molecule has 0 aliphatic carbocycles. The molecule has 3 heterocycles. The summed E-state index contributed by atoms with van der Waals surface area (Å²) < 4.78 is 1.96. The Balaban J connectivity index is 0.00000160. The third-order valence-corrected chi connectivity index (χ3v) is 6.00. The van der Waals surface area contributed by atoms with Gasteiger partial charge in [0.1, 0.15) is 0 Å². The van der Waals surface area contributed by atoms with E-state index in [9.17, 15) is 4.79 Å². The number of benzene rings is 1. The van der Waals surface area contributed by atoms with E-state index < -0.39 is 0 Å². The van der Waals surface area contributed by atoms with Crippen LogP contribution in [-0.2, 0) is 6.42 Å². The molecule has 0 bridgehead atoms. The van der Waals surface area contributed by atoms with Crippen molar-refractivity contribution >= 4 is 30.7 Å². The van der Waals surface area contributed by atoms with Gasteiger partial charge in [0.15, 0.2) is 5.69 Å². The lowest BCUT2D eigenvalue weighted by atomic mass is 10.1. The maximum Gasteiger partial charge on any atom is 0.276 e.